The van der Waals surface area contributed by atoms with E-state index in [9.17, 15) is 5.26 Å². The molecule has 4 heteroatoms. The highest BCUT2D eigenvalue weighted by atomic mass is 16.5. The van der Waals surface area contributed by atoms with Crippen molar-refractivity contribution in [1.82, 2.24) is 0 Å². The number of hydrogen-bond acceptors (Lipinski definition) is 4. The molecule has 0 N–H and O–H groups in total. The van der Waals surface area contributed by atoms with Crippen molar-refractivity contribution < 1.29 is 14.2 Å². The zero-order chi connectivity index (χ0) is 20.9. The Hall–Kier alpha value is -2.93. The van der Waals surface area contributed by atoms with Crippen LogP contribution in [-0.2, 0) is 0 Å². The predicted octanol–water partition coefficient (Wildman–Crippen LogP) is 6.51. The second kappa shape index (κ2) is 12.5. The molecular formula is C25H31NO3. The van der Waals surface area contributed by atoms with Crippen LogP contribution in [0.25, 0.3) is 11.6 Å². The van der Waals surface area contributed by atoms with Crippen LogP contribution < -0.4 is 14.2 Å². The van der Waals surface area contributed by atoms with Gasteiger partial charge in [0.15, 0.2) is 0 Å². The first-order chi connectivity index (χ1) is 14.2. The van der Waals surface area contributed by atoms with Gasteiger partial charge in [-0.15, -0.1) is 0 Å². The van der Waals surface area contributed by atoms with Crippen LogP contribution in [-0.4, -0.2) is 20.8 Å². The summed E-state index contributed by atoms with van der Waals surface area (Å²) >= 11 is 0. The molecule has 0 saturated heterocycles. The van der Waals surface area contributed by atoms with Gasteiger partial charge in [-0.2, -0.15) is 5.26 Å². The highest BCUT2D eigenvalue weighted by Gasteiger charge is 2.07. The maximum Gasteiger partial charge on any atom is 0.123 e. The van der Waals surface area contributed by atoms with Crippen LogP contribution in [0.5, 0.6) is 17.2 Å². The number of allylic oxidation sites excluding steroid dienone is 1. The first-order valence-electron chi connectivity index (χ1n) is 10.3. The van der Waals surface area contributed by atoms with Gasteiger partial charge in [-0.3, -0.25) is 0 Å². The molecule has 0 bridgehead atoms. The SMILES string of the molecule is CCCCCCCCOc1ccc(C=C(C#N)c2cc(OC)cc(OC)c2)cc1. The smallest absolute Gasteiger partial charge is 0.123 e. The topological polar surface area (TPSA) is 51.5 Å². The van der Waals surface area contributed by atoms with Crippen LogP contribution in [0.4, 0.5) is 0 Å². The predicted molar refractivity (Wildman–Crippen MR) is 118 cm³/mol. The minimum Gasteiger partial charge on any atom is -0.497 e. The van der Waals surface area contributed by atoms with Gasteiger partial charge in [0.1, 0.15) is 17.2 Å². The Morgan fingerprint density at radius 1 is 0.862 bits per heavy atom. The van der Waals surface area contributed by atoms with E-state index in [-0.39, 0.29) is 0 Å². The largest absolute Gasteiger partial charge is 0.497 e. The molecule has 0 aliphatic rings. The molecule has 0 aromatic heterocycles. The van der Waals surface area contributed by atoms with Crippen molar-refractivity contribution in [2.24, 2.45) is 0 Å². The summed E-state index contributed by atoms with van der Waals surface area (Å²) in [5.41, 5.74) is 2.24. The third-order valence-electron chi connectivity index (χ3n) is 4.74. The summed E-state index contributed by atoms with van der Waals surface area (Å²) in [4.78, 5) is 0. The van der Waals surface area contributed by atoms with Gasteiger partial charge in [-0.05, 0) is 47.9 Å². The van der Waals surface area contributed by atoms with Crippen LogP contribution in [0.2, 0.25) is 0 Å². The summed E-state index contributed by atoms with van der Waals surface area (Å²) in [6.45, 7) is 2.98. The van der Waals surface area contributed by atoms with E-state index < -0.39 is 0 Å². The summed E-state index contributed by atoms with van der Waals surface area (Å²) in [5, 5.41) is 9.62. The molecule has 0 amide bonds. The molecule has 2 rings (SSSR count). The van der Waals surface area contributed by atoms with E-state index in [1.54, 1.807) is 20.3 Å². The minimum atomic E-state index is 0.544. The molecule has 2 aromatic carbocycles. The Kier molecular flexibility index (Phi) is 9.65. The van der Waals surface area contributed by atoms with Crippen LogP contribution in [0.15, 0.2) is 42.5 Å². The summed E-state index contributed by atoms with van der Waals surface area (Å²) in [5.74, 6) is 2.16. The average molecular weight is 394 g/mol. The highest BCUT2D eigenvalue weighted by molar-refractivity contribution is 5.90. The molecule has 0 fully saturated rings. The number of methoxy groups -OCH3 is 2. The van der Waals surface area contributed by atoms with E-state index in [1.807, 2.05) is 42.5 Å². The van der Waals surface area contributed by atoms with Gasteiger partial charge in [0.05, 0.1) is 32.5 Å². The molecule has 0 aliphatic heterocycles. The second-order valence-corrected chi connectivity index (χ2v) is 6.96. The number of nitrogens with zero attached hydrogens (tertiary/aromatic N) is 1. The lowest BCUT2D eigenvalue weighted by molar-refractivity contribution is 0.304. The Morgan fingerprint density at radius 2 is 1.48 bits per heavy atom. The monoisotopic (exact) mass is 393 g/mol. The number of unbranched alkanes of at least 4 members (excludes halogenated alkanes) is 5. The van der Waals surface area contributed by atoms with Crippen molar-refractivity contribution in [1.29, 1.82) is 5.26 Å². The van der Waals surface area contributed by atoms with Crippen LogP contribution in [0, 0.1) is 11.3 Å². The fraction of sp³-hybridized carbons (Fsp3) is 0.400. The van der Waals surface area contributed by atoms with E-state index in [2.05, 4.69) is 13.0 Å². The number of nitriles is 1. The minimum absolute atomic E-state index is 0.544. The number of ether oxygens (including phenoxy) is 3. The Morgan fingerprint density at radius 3 is 2.07 bits per heavy atom. The van der Waals surface area contributed by atoms with Gasteiger partial charge in [-0.25, -0.2) is 0 Å². The quantitative estimate of drug-likeness (QED) is 0.234. The van der Waals surface area contributed by atoms with E-state index in [1.165, 1.54) is 32.1 Å². The van der Waals surface area contributed by atoms with E-state index >= 15 is 0 Å². The highest BCUT2D eigenvalue weighted by Crippen LogP contribution is 2.28. The van der Waals surface area contributed by atoms with E-state index in [4.69, 9.17) is 14.2 Å². The van der Waals surface area contributed by atoms with E-state index in [0.29, 0.717) is 17.1 Å². The molecule has 0 unspecified atom stereocenters. The van der Waals surface area contributed by atoms with Gasteiger partial charge in [-0.1, -0.05) is 51.2 Å². The molecule has 29 heavy (non-hydrogen) atoms. The zero-order valence-electron chi connectivity index (χ0n) is 17.7. The first kappa shape index (κ1) is 22.4. The third kappa shape index (κ3) is 7.54. The van der Waals surface area contributed by atoms with Gasteiger partial charge in [0, 0.05) is 6.07 Å². The third-order valence-corrected chi connectivity index (χ3v) is 4.74. The molecule has 4 nitrogen and oxygen atoms in total. The van der Waals surface area contributed by atoms with Crippen LogP contribution >= 0.6 is 0 Å². The molecule has 2 aromatic rings. The summed E-state index contributed by atoms with van der Waals surface area (Å²) < 4.78 is 16.4. The zero-order valence-corrected chi connectivity index (χ0v) is 17.7. The van der Waals surface area contributed by atoms with Crippen molar-refractivity contribution in [2.45, 2.75) is 45.4 Å². The normalized spacial score (nSPS) is 11.0. The van der Waals surface area contributed by atoms with Crippen molar-refractivity contribution >= 4 is 11.6 Å². The number of hydrogen-bond donors (Lipinski definition) is 0. The van der Waals surface area contributed by atoms with Crippen molar-refractivity contribution in [3.05, 3.63) is 53.6 Å². The fourth-order valence-electron chi connectivity index (χ4n) is 3.04. The molecule has 0 atom stereocenters. The standard InChI is InChI=1S/C25H31NO3/c1-4-5-6-7-8-9-14-29-23-12-10-20(11-13-23)15-22(19-26)21-16-24(27-2)18-25(17-21)28-3/h10-13,15-18H,4-9,14H2,1-3H3. The Bertz CT molecular complexity index is 797. The molecule has 0 heterocycles. The van der Waals surface area contributed by atoms with Gasteiger partial charge in [0.25, 0.3) is 0 Å². The lowest BCUT2D eigenvalue weighted by Crippen LogP contribution is -1.97. The van der Waals surface area contributed by atoms with Gasteiger partial charge >= 0.3 is 0 Å². The molecule has 0 aliphatic carbocycles. The Balaban J connectivity index is 1.98. The fourth-order valence-corrected chi connectivity index (χ4v) is 3.04. The Labute approximate surface area is 174 Å². The lowest BCUT2D eigenvalue weighted by Gasteiger charge is -2.08. The first-order valence-corrected chi connectivity index (χ1v) is 10.3. The average Bonchev–Trinajstić information content (AvgIpc) is 2.77. The number of rotatable bonds is 12. The van der Waals surface area contributed by atoms with E-state index in [0.717, 1.165) is 29.9 Å². The molecule has 0 saturated carbocycles. The van der Waals surface area contributed by atoms with Crippen molar-refractivity contribution in [3.8, 4) is 23.3 Å². The van der Waals surface area contributed by atoms with Gasteiger partial charge in [0.2, 0.25) is 0 Å². The molecule has 0 radical (unpaired) electrons. The summed E-state index contributed by atoms with van der Waals surface area (Å²) in [7, 11) is 3.19. The number of benzene rings is 2. The summed E-state index contributed by atoms with van der Waals surface area (Å²) in [6, 6.07) is 15.5. The maximum absolute atomic E-state index is 9.62. The molecule has 0 spiro atoms. The van der Waals surface area contributed by atoms with Crippen molar-refractivity contribution in [3.63, 3.8) is 0 Å². The second-order valence-electron chi connectivity index (χ2n) is 6.96. The van der Waals surface area contributed by atoms with Crippen LogP contribution in [0.3, 0.4) is 0 Å². The van der Waals surface area contributed by atoms with Gasteiger partial charge < -0.3 is 14.2 Å². The lowest BCUT2D eigenvalue weighted by atomic mass is 10.0. The molecule has 154 valence electrons. The molecular weight excluding hydrogens is 362 g/mol. The van der Waals surface area contributed by atoms with Crippen molar-refractivity contribution in [2.75, 3.05) is 20.8 Å². The van der Waals surface area contributed by atoms with Crippen LogP contribution in [0.1, 0.15) is 56.6 Å². The maximum atomic E-state index is 9.62. The summed E-state index contributed by atoms with van der Waals surface area (Å²) in [6.07, 6.45) is 9.35.